The Bertz CT molecular complexity index is 921. The van der Waals surface area contributed by atoms with E-state index in [0.29, 0.717) is 24.7 Å². The smallest absolute Gasteiger partial charge is 0.319 e. The summed E-state index contributed by atoms with van der Waals surface area (Å²) >= 11 is 0. The van der Waals surface area contributed by atoms with Crippen LogP contribution in [0, 0.1) is 18.8 Å². The van der Waals surface area contributed by atoms with Gasteiger partial charge in [-0.15, -0.1) is 0 Å². The van der Waals surface area contributed by atoms with Gasteiger partial charge >= 0.3 is 6.01 Å². The Labute approximate surface area is 190 Å². The zero-order chi connectivity index (χ0) is 22.7. The summed E-state index contributed by atoms with van der Waals surface area (Å²) in [4.78, 5) is 11.3. The molecular formula is C25H35N3O4. The Balaban J connectivity index is 1.62. The summed E-state index contributed by atoms with van der Waals surface area (Å²) in [7, 11) is 1.72. The van der Waals surface area contributed by atoms with E-state index in [-0.39, 0.29) is 17.8 Å². The lowest BCUT2D eigenvalue weighted by Gasteiger charge is -2.53. The fraction of sp³-hybridized carbons (Fsp3) is 0.600. The van der Waals surface area contributed by atoms with E-state index in [1.54, 1.807) is 13.3 Å². The number of nitrogens with zero attached hydrogens (tertiary/aromatic N) is 3. The molecule has 1 aromatic carbocycles. The van der Waals surface area contributed by atoms with Crippen LogP contribution < -0.4 is 14.2 Å². The Morgan fingerprint density at radius 3 is 2.50 bits per heavy atom. The third-order valence-electron chi connectivity index (χ3n) is 6.85. The minimum absolute atomic E-state index is 0.0894. The molecule has 174 valence electrons. The molecular weight excluding hydrogens is 406 g/mol. The number of hydrogen-bond donors (Lipinski definition) is 1. The van der Waals surface area contributed by atoms with E-state index in [0.717, 1.165) is 44.6 Å². The standard InChI is InChI=1S/C25H35N3O4/c1-5-31-23-21(13-26-24(27-23)32-6-2)25(29)19-8-7-9-20(25)16-28(15-19)14-18-12-17(3)10-11-22(18)30-4/h10-13,19-20,29H,5-9,14-16H2,1-4H3. The molecule has 2 heterocycles. The Hall–Kier alpha value is -2.38. The zero-order valence-electron chi connectivity index (χ0n) is 19.6. The average Bonchev–Trinajstić information content (AvgIpc) is 2.75. The third kappa shape index (κ3) is 4.28. The molecule has 1 N–H and O–H groups in total. The van der Waals surface area contributed by atoms with Crippen molar-refractivity contribution >= 4 is 0 Å². The van der Waals surface area contributed by atoms with Crippen molar-refractivity contribution in [1.29, 1.82) is 0 Å². The summed E-state index contributed by atoms with van der Waals surface area (Å²) in [6.45, 7) is 9.31. The lowest BCUT2D eigenvalue weighted by atomic mass is 9.63. The van der Waals surface area contributed by atoms with Gasteiger partial charge in [-0.25, -0.2) is 4.98 Å². The minimum Gasteiger partial charge on any atom is -0.496 e. The molecule has 2 atom stereocenters. The number of piperidine rings is 1. The molecule has 1 aromatic heterocycles. The summed E-state index contributed by atoms with van der Waals surface area (Å²) in [6, 6.07) is 6.60. The molecule has 1 saturated heterocycles. The molecule has 1 saturated carbocycles. The molecule has 0 amide bonds. The van der Waals surface area contributed by atoms with Crippen molar-refractivity contribution in [2.75, 3.05) is 33.4 Å². The molecule has 4 rings (SSSR count). The van der Waals surface area contributed by atoms with E-state index in [9.17, 15) is 5.11 Å². The van der Waals surface area contributed by atoms with Crippen molar-refractivity contribution in [3.8, 4) is 17.6 Å². The van der Waals surface area contributed by atoms with Crippen LogP contribution in [0.4, 0.5) is 0 Å². The lowest BCUT2D eigenvalue weighted by molar-refractivity contribution is -0.150. The summed E-state index contributed by atoms with van der Waals surface area (Å²) in [5, 5.41) is 12.1. The Kier molecular flexibility index (Phi) is 6.86. The predicted octanol–water partition coefficient (Wildman–Crippen LogP) is 3.71. The molecule has 2 fully saturated rings. The molecule has 0 spiro atoms. The summed E-state index contributed by atoms with van der Waals surface area (Å²) in [6.07, 6.45) is 4.77. The maximum Gasteiger partial charge on any atom is 0.319 e. The quantitative estimate of drug-likeness (QED) is 0.669. The number of aryl methyl sites for hydroxylation is 1. The van der Waals surface area contributed by atoms with Crippen molar-refractivity contribution in [3.05, 3.63) is 41.1 Å². The van der Waals surface area contributed by atoms with E-state index >= 15 is 0 Å². The molecule has 2 aromatic rings. The second-order valence-electron chi connectivity index (χ2n) is 8.90. The first-order valence-electron chi connectivity index (χ1n) is 11.7. The van der Waals surface area contributed by atoms with Crippen LogP contribution in [0.15, 0.2) is 24.4 Å². The largest absolute Gasteiger partial charge is 0.496 e. The van der Waals surface area contributed by atoms with Gasteiger partial charge in [0.1, 0.15) is 11.4 Å². The van der Waals surface area contributed by atoms with Crippen molar-refractivity contribution in [2.45, 2.75) is 52.2 Å². The number of likely N-dealkylation sites (tertiary alicyclic amines) is 1. The zero-order valence-corrected chi connectivity index (χ0v) is 19.6. The van der Waals surface area contributed by atoms with Gasteiger partial charge in [-0.05, 0) is 39.7 Å². The van der Waals surface area contributed by atoms with Gasteiger partial charge in [0, 0.05) is 43.2 Å². The summed E-state index contributed by atoms with van der Waals surface area (Å²) < 4.78 is 16.9. The number of hydrogen-bond acceptors (Lipinski definition) is 7. The molecule has 2 aliphatic rings. The highest BCUT2D eigenvalue weighted by molar-refractivity contribution is 5.38. The number of ether oxygens (including phenoxy) is 3. The lowest BCUT2D eigenvalue weighted by Crippen LogP contribution is -2.58. The molecule has 1 aliphatic carbocycles. The van der Waals surface area contributed by atoms with Gasteiger partial charge < -0.3 is 19.3 Å². The van der Waals surface area contributed by atoms with Crippen LogP contribution >= 0.6 is 0 Å². The van der Waals surface area contributed by atoms with E-state index in [1.807, 2.05) is 19.9 Å². The van der Waals surface area contributed by atoms with Crippen molar-refractivity contribution in [2.24, 2.45) is 11.8 Å². The summed E-state index contributed by atoms with van der Waals surface area (Å²) in [5.41, 5.74) is 2.11. The highest BCUT2D eigenvalue weighted by atomic mass is 16.5. The van der Waals surface area contributed by atoms with Crippen LogP contribution in [0.2, 0.25) is 0 Å². The van der Waals surface area contributed by atoms with Crippen molar-refractivity contribution in [3.63, 3.8) is 0 Å². The minimum atomic E-state index is -0.999. The van der Waals surface area contributed by atoms with Crippen LogP contribution in [0.3, 0.4) is 0 Å². The number of methoxy groups -OCH3 is 1. The van der Waals surface area contributed by atoms with Crippen LogP contribution in [0.5, 0.6) is 17.6 Å². The molecule has 0 radical (unpaired) electrons. The normalized spacial score (nSPS) is 25.4. The number of rotatable bonds is 8. The van der Waals surface area contributed by atoms with E-state index in [2.05, 4.69) is 33.9 Å². The first-order valence-corrected chi connectivity index (χ1v) is 11.7. The van der Waals surface area contributed by atoms with E-state index in [4.69, 9.17) is 14.2 Å². The number of fused-ring (bicyclic) bond motifs is 2. The second-order valence-corrected chi connectivity index (χ2v) is 8.90. The fourth-order valence-electron chi connectivity index (χ4n) is 5.45. The highest BCUT2D eigenvalue weighted by Crippen LogP contribution is 2.51. The molecule has 32 heavy (non-hydrogen) atoms. The third-order valence-corrected chi connectivity index (χ3v) is 6.85. The van der Waals surface area contributed by atoms with Crippen molar-refractivity contribution in [1.82, 2.24) is 14.9 Å². The average molecular weight is 442 g/mol. The van der Waals surface area contributed by atoms with Crippen LogP contribution in [0.25, 0.3) is 0 Å². The molecule has 7 heteroatoms. The first-order chi connectivity index (χ1) is 15.5. The fourth-order valence-corrected chi connectivity index (χ4v) is 5.45. The van der Waals surface area contributed by atoms with Gasteiger partial charge in [-0.3, -0.25) is 4.90 Å². The van der Waals surface area contributed by atoms with Gasteiger partial charge in [0.15, 0.2) is 0 Å². The Morgan fingerprint density at radius 2 is 1.84 bits per heavy atom. The van der Waals surface area contributed by atoms with Gasteiger partial charge in [0.2, 0.25) is 5.88 Å². The van der Waals surface area contributed by atoms with Crippen LogP contribution in [0.1, 0.15) is 49.8 Å². The Morgan fingerprint density at radius 1 is 1.12 bits per heavy atom. The summed E-state index contributed by atoms with van der Waals surface area (Å²) in [5.74, 6) is 1.54. The number of aliphatic hydroxyl groups is 1. The SMILES string of the molecule is CCOc1ncc(C2(O)C3CCCC2CN(Cc2cc(C)ccc2OC)C3)c(OCC)n1. The van der Waals surface area contributed by atoms with E-state index < -0.39 is 5.60 Å². The second kappa shape index (κ2) is 9.63. The molecule has 2 bridgehead atoms. The van der Waals surface area contributed by atoms with Gasteiger partial charge in [-0.2, -0.15) is 4.98 Å². The van der Waals surface area contributed by atoms with E-state index in [1.165, 1.54) is 11.1 Å². The van der Waals surface area contributed by atoms with Crippen LogP contribution in [-0.2, 0) is 12.1 Å². The van der Waals surface area contributed by atoms with Gasteiger partial charge in [0.05, 0.1) is 25.9 Å². The first kappa shape index (κ1) is 22.8. The van der Waals surface area contributed by atoms with Crippen molar-refractivity contribution < 1.29 is 19.3 Å². The topological polar surface area (TPSA) is 76.9 Å². The van der Waals surface area contributed by atoms with Gasteiger partial charge in [0.25, 0.3) is 0 Å². The maximum absolute atomic E-state index is 12.1. The number of benzene rings is 1. The maximum atomic E-state index is 12.1. The molecule has 7 nitrogen and oxygen atoms in total. The monoisotopic (exact) mass is 441 g/mol. The molecule has 1 aliphatic heterocycles. The van der Waals surface area contributed by atoms with Gasteiger partial charge in [-0.1, -0.05) is 24.1 Å². The number of aromatic nitrogens is 2. The highest BCUT2D eigenvalue weighted by Gasteiger charge is 2.53. The predicted molar refractivity (Wildman–Crippen MR) is 122 cm³/mol. The molecule has 2 unspecified atom stereocenters. The van der Waals surface area contributed by atoms with Crippen LogP contribution in [-0.4, -0.2) is 53.4 Å².